The molecule has 2 N–H and O–H groups in total. The fourth-order valence-electron chi connectivity index (χ4n) is 3.06. The number of benzene rings is 1. The van der Waals surface area contributed by atoms with E-state index in [-0.39, 0.29) is 0 Å². The number of carbonyl (C=O) groups excluding carboxylic acids is 1. The van der Waals surface area contributed by atoms with Crippen LogP contribution >= 0.6 is 0 Å². The number of anilines is 1. The third kappa shape index (κ3) is 3.10. The summed E-state index contributed by atoms with van der Waals surface area (Å²) < 4.78 is 8.96. The van der Waals surface area contributed by atoms with Gasteiger partial charge in [0.25, 0.3) is 0 Å². The number of imidazole rings is 1. The van der Waals surface area contributed by atoms with E-state index < -0.39 is 11.7 Å². The highest BCUT2D eigenvalue weighted by atomic mass is 16.6. The van der Waals surface area contributed by atoms with Crippen LogP contribution in [0.2, 0.25) is 0 Å². The summed E-state index contributed by atoms with van der Waals surface area (Å²) in [7, 11) is 0. The monoisotopic (exact) mass is 364 g/mol. The number of hydrogen-bond donors (Lipinski definition) is 1. The minimum absolute atomic E-state index is 0.342. The van der Waals surface area contributed by atoms with Gasteiger partial charge >= 0.3 is 6.09 Å². The predicted octanol–water partition coefficient (Wildman–Crippen LogP) is 3.19. The first-order chi connectivity index (χ1) is 12.8. The minimum Gasteiger partial charge on any atom is -0.443 e. The molecule has 138 valence electrons. The van der Waals surface area contributed by atoms with Crippen molar-refractivity contribution >= 4 is 34.0 Å². The van der Waals surface area contributed by atoms with Crippen LogP contribution in [0.4, 0.5) is 10.6 Å². The molecule has 4 aromatic rings. The maximum Gasteiger partial charge on any atom is 0.419 e. The van der Waals surface area contributed by atoms with E-state index in [0.717, 1.165) is 16.5 Å². The molecule has 27 heavy (non-hydrogen) atoms. The second-order valence-electron chi connectivity index (χ2n) is 7.32. The molecular formula is C19H20N6O2. The van der Waals surface area contributed by atoms with Crippen molar-refractivity contribution in [1.29, 1.82) is 0 Å². The first-order valence-corrected chi connectivity index (χ1v) is 8.57. The highest BCUT2D eigenvalue weighted by Gasteiger charge is 2.20. The Morgan fingerprint density at radius 1 is 1.19 bits per heavy atom. The maximum atomic E-state index is 12.6. The Labute approximate surface area is 155 Å². The molecule has 0 radical (unpaired) electrons. The van der Waals surface area contributed by atoms with Crippen molar-refractivity contribution in [2.24, 2.45) is 0 Å². The molecule has 0 aliphatic rings. The molecule has 0 saturated carbocycles. The van der Waals surface area contributed by atoms with Gasteiger partial charge < -0.3 is 15.0 Å². The summed E-state index contributed by atoms with van der Waals surface area (Å²) in [6.07, 6.45) is 4.41. The highest BCUT2D eigenvalue weighted by molar-refractivity contribution is 5.92. The number of hydrogen-bond acceptors (Lipinski definition) is 6. The van der Waals surface area contributed by atoms with Crippen molar-refractivity contribution in [2.45, 2.75) is 32.9 Å². The number of rotatable bonds is 2. The fourth-order valence-corrected chi connectivity index (χ4v) is 3.06. The van der Waals surface area contributed by atoms with Gasteiger partial charge in [-0.2, -0.15) is 0 Å². The van der Waals surface area contributed by atoms with Gasteiger partial charge in [-0.3, -0.25) is 4.57 Å². The number of nitrogens with zero attached hydrogens (tertiary/aromatic N) is 5. The van der Waals surface area contributed by atoms with E-state index in [9.17, 15) is 4.79 Å². The molecule has 8 heteroatoms. The third-order valence-corrected chi connectivity index (χ3v) is 4.16. The first kappa shape index (κ1) is 17.0. The number of nitrogens with two attached hydrogens (primary N) is 1. The van der Waals surface area contributed by atoms with Gasteiger partial charge in [-0.25, -0.2) is 19.7 Å². The SMILES string of the molecule is CC(C)(C)OC(=O)n1ccc2cccc(Cn3cnc4c(N)ncnc43)c21. The van der Waals surface area contributed by atoms with Gasteiger partial charge in [-0.05, 0) is 32.4 Å². The van der Waals surface area contributed by atoms with Crippen molar-refractivity contribution < 1.29 is 9.53 Å². The Morgan fingerprint density at radius 3 is 2.78 bits per heavy atom. The lowest BCUT2D eigenvalue weighted by Crippen LogP contribution is -2.27. The van der Waals surface area contributed by atoms with Gasteiger partial charge in [0.1, 0.15) is 17.4 Å². The van der Waals surface area contributed by atoms with Crippen molar-refractivity contribution in [2.75, 3.05) is 5.73 Å². The summed E-state index contributed by atoms with van der Waals surface area (Å²) in [6, 6.07) is 7.79. The Kier molecular flexibility index (Phi) is 3.83. The number of aromatic nitrogens is 5. The van der Waals surface area contributed by atoms with Crippen LogP contribution in [-0.2, 0) is 11.3 Å². The molecule has 0 fully saturated rings. The molecule has 1 aromatic carbocycles. The third-order valence-electron chi connectivity index (χ3n) is 4.16. The van der Waals surface area contributed by atoms with Crippen LogP contribution < -0.4 is 5.73 Å². The second-order valence-corrected chi connectivity index (χ2v) is 7.32. The zero-order chi connectivity index (χ0) is 19.2. The van der Waals surface area contributed by atoms with Crippen molar-refractivity contribution in [3.8, 4) is 0 Å². The van der Waals surface area contributed by atoms with Crippen LogP contribution in [0, 0.1) is 0 Å². The zero-order valence-corrected chi connectivity index (χ0v) is 15.4. The summed E-state index contributed by atoms with van der Waals surface area (Å²) in [4.78, 5) is 25.2. The number of carbonyl (C=O) groups is 1. The van der Waals surface area contributed by atoms with Crippen LogP contribution in [-0.4, -0.2) is 35.8 Å². The molecular weight excluding hydrogens is 344 g/mol. The normalized spacial score (nSPS) is 12.0. The van der Waals surface area contributed by atoms with Crippen LogP contribution in [0.25, 0.3) is 22.1 Å². The Balaban J connectivity index is 1.79. The number of para-hydroxylation sites is 1. The van der Waals surface area contributed by atoms with Gasteiger partial charge in [-0.1, -0.05) is 18.2 Å². The van der Waals surface area contributed by atoms with Gasteiger partial charge in [0.2, 0.25) is 0 Å². The van der Waals surface area contributed by atoms with Crippen molar-refractivity contribution in [3.05, 3.63) is 48.7 Å². The smallest absolute Gasteiger partial charge is 0.419 e. The number of nitrogen functional groups attached to an aromatic ring is 1. The number of fused-ring (bicyclic) bond motifs is 2. The largest absolute Gasteiger partial charge is 0.443 e. The van der Waals surface area contributed by atoms with E-state index in [1.807, 2.05) is 49.6 Å². The Hall–Kier alpha value is -3.42. The minimum atomic E-state index is -0.572. The molecule has 0 amide bonds. The number of ether oxygens (including phenoxy) is 1. The molecule has 0 aliphatic heterocycles. The highest BCUT2D eigenvalue weighted by Crippen LogP contribution is 2.24. The molecule has 0 unspecified atom stereocenters. The maximum absolute atomic E-state index is 12.6. The van der Waals surface area contributed by atoms with E-state index in [4.69, 9.17) is 10.5 Å². The summed E-state index contributed by atoms with van der Waals surface area (Å²) in [5, 5.41) is 0.955. The van der Waals surface area contributed by atoms with Gasteiger partial charge in [0.05, 0.1) is 18.4 Å². The van der Waals surface area contributed by atoms with Crippen LogP contribution in [0.5, 0.6) is 0 Å². The fraction of sp³-hybridized carbons (Fsp3) is 0.263. The van der Waals surface area contributed by atoms with E-state index in [0.29, 0.717) is 23.5 Å². The van der Waals surface area contributed by atoms with Crippen molar-refractivity contribution in [1.82, 2.24) is 24.1 Å². The average Bonchev–Trinajstić information content (AvgIpc) is 3.19. The predicted molar refractivity (Wildman–Crippen MR) is 102 cm³/mol. The lowest BCUT2D eigenvalue weighted by molar-refractivity contribution is 0.0544. The lowest BCUT2D eigenvalue weighted by Gasteiger charge is -2.20. The summed E-state index contributed by atoms with van der Waals surface area (Å²) >= 11 is 0. The molecule has 0 atom stereocenters. The van der Waals surface area contributed by atoms with Gasteiger partial charge in [0, 0.05) is 11.6 Å². The first-order valence-electron chi connectivity index (χ1n) is 8.57. The van der Waals surface area contributed by atoms with E-state index in [1.54, 1.807) is 17.1 Å². The summed E-state index contributed by atoms with van der Waals surface area (Å²) in [6.45, 7) is 6.02. The molecule has 4 rings (SSSR count). The van der Waals surface area contributed by atoms with E-state index in [1.165, 1.54) is 6.33 Å². The molecule has 3 aromatic heterocycles. The van der Waals surface area contributed by atoms with Crippen LogP contribution in [0.3, 0.4) is 0 Å². The quantitative estimate of drug-likeness (QED) is 0.586. The van der Waals surface area contributed by atoms with E-state index in [2.05, 4.69) is 15.0 Å². The van der Waals surface area contributed by atoms with E-state index >= 15 is 0 Å². The molecule has 0 spiro atoms. The molecule has 8 nitrogen and oxygen atoms in total. The molecule has 3 heterocycles. The average molecular weight is 364 g/mol. The van der Waals surface area contributed by atoms with Crippen LogP contribution in [0.15, 0.2) is 43.1 Å². The second kappa shape index (κ2) is 6.08. The molecule has 0 bridgehead atoms. The van der Waals surface area contributed by atoms with Gasteiger partial charge in [-0.15, -0.1) is 0 Å². The summed E-state index contributed by atoms with van der Waals surface area (Å²) in [5.41, 5.74) is 8.25. The molecule has 0 saturated heterocycles. The van der Waals surface area contributed by atoms with Crippen LogP contribution in [0.1, 0.15) is 26.3 Å². The summed E-state index contributed by atoms with van der Waals surface area (Å²) in [5.74, 6) is 0.342. The standard InChI is InChI=1S/C19H20N6O2/c1-19(2,3)27-18(26)25-8-7-12-5-4-6-13(15(12)25)9-24-11-23-14-16(20)21-10-22-17(14)24/h4-8,10-11H,9H2,1-3H3,(H2,20,21,22). The Bertz CT molecular complexity index is 1150. The lowest BCUT2D eigenvalue weighted by atomic mass is 10.1. The van der Waals surface area contributed by atoms with Gasteiger partial charge in [0.15, 0.2) is 11.5 Å². The topological polar surface area (TPSA) is 101 Å². The zero-order valence-electron chi connectivity index (χ0n) is 15.4. The molecule has 0 aliphatic carbocycles. The Morgan fingerprint density at radius 2 is 2.00 bits per heavy atom. The van der Waals surface area contributed by atoms with Crippen molar-refractivity contribution in [3.63, 3.8) is 0 Å².